The number of nitrogens with zero attached hydrogens (tertiary/aromatic N) is 4. The maximum Gasteiger partial charge on any atom is 0.286 e. The van der Waals surface area contributed by atoms with E-state index >= 15 is 0 Å². The summed E-state index contributed by atoms with van der Waals surface area (Å²) >= 11 is 0. The van der Waals surface area contributed by atoms with Crippen LogP contribution in [0.5, 0.6) is 0 Å². The van der Waals surface area contributed by atoms with Gasteiger partial charge in [-0.2, -0.15) is 13.7 Å². The highest BCUT2D eigenvalue weighted by atomic mass is 32.2. The van der Waals surface area contributed by atoms with E-state index in [9.17, 15) is 8.42 Å². The standard InChI is InChI=1S/C20H21N5O2S/c21-13-16-5-7-17(8-6-16)14-24-9-11-25(12-10-24)15-20-22-18-3-1-2-4-19(18)28(26,27)23-20/h1-8H,9-12,14-15H2,(H,22,23). The fourth-order valence-electron chi connectivity index (χ4n) is 3.50. The fraction of sp³-hybridized carbons (Fsp3) is 0.300. The molecule has 2 aliphatic heterocycles. The van der Waals surface area contributed by atoms with Gasteiger partial charge in [0.2, 0.25) is 0 Å². The summed E-state index contributed by atoms with van der Waals surface area (Å²) in [5.74, 6) is 0.472. The number of para-hydroxylation sites is 1. The lowest BCUT2D eigenvalue weighted by atomic mass is 10.1. The number of hydrogen-bond acceptors (Lipinski definition) is 6. The van der Waals surface area contributed by atoms with Gasteiger partial charge in [0.15, 0.2) is 0 Å². The number of nitrogens with one attached hydrogen (secondary N) is 1. The van der Waals surface area contributed by atoms with E-state index in [-0.39, 0.29) is 4.90 Å². The Kier molecular flexibility index (Phi) is 5.13. The molecular weight excluding hydrogens is 374 g/mol. The van der Waals surface area contributed by atoms with E-state index in [0.29, 0.717) is 23.6 Å². The predicted octanol–water partition coefficient (Wildman–Crippen LogP) is 1.89. The second-order valence-corrected chi connectivity index (χ2v) is 8.57. The zero-order valence-corrected chi connectivity index (χ0v) is 16.2. The van der Waals surface area contributed by atoms with Crippen LogP contribution in [0.2, 0.25) is 0 Å². The molecule has 7 nitrogen and oxygen atoms in total. The first-order valence-electron chi connectivity index (χ1n) is 9.17. The number of sulfonamides is 1. The Hall–Kier alpha value is -2.73. The fourth-order valence-corrected chi connectivity index (χ4v) is 4.64. The van der Waals surface area contributed by atoms with Crippen LogP contribution in [0.3, 0.4) is 0 Å². The van der Waals surface area contributed by atoms with Crippen molar-refractivity contribution in [2.75, 3.05) is 38.0 Å². The van der Waals surface area contributed by atoms with Crippen LogP contribution in [0.25, 0.3) is 0 Å². The average Bonchev–Trinajstić information content (AvgIpc) is 2.70. The molecule has 0 atom stereocenters. The number of hydrogen-bond donors (Lipinski definition) is 1. The Balaban J connectivity index is 1.33. The van der Waals surface area contributed by atoms with Gasteiger partial charge in [-0.3, -0.25) is 9.80 Å². The number of rotatable bonds is 4. The first-order chi connectivity index (χ1) is 13.5. The molecule has 4 rings (SSSR count). The molecule has 2 aromatic carbocycles. The minimum absolute atomic E-state index is 0.228. The highest BCUT2D eigenvalue weighted by Gasteiger charge is 2.26. The van der Waals surface area contributed by atoms with Crippen molar-refractivity contribution in [2.24, 2.45) is 4.40 Å². The van der Waals surface area contributed by atoms with Gasteiger partial charge >= 0.3 is 0 Å². The normalized spacial score (nSPS) is 19.2. The van der Waals surface area contributed by atoms with Crippen molar-refractivity contribution in [3.05, 3.63) is 59.7 Å². The highest BCUT2D eigenvalue weighted by molar-refractivity contribution is 7.90. The van der Waals surface area contributed by atoms with Gasteiger partial charge in [0.25, 0.3) is 10.0 Å². The van der Waals surface area contributed by atoms with Crippen LogP contribution in [0, 0.1) is 11.3 Å². The van der Waals surface area contributed by atoms with Crippen LogP contribution in [0.4, 0.5) is 5.69 Å². The van der Waals surface area contributed by atoms with E-state index in [1.807, 2.05) is 30.3 Å². The van der Waals surface area contributed by atoms with E-state index in [1.165, 1.54) is 5.56 Å². The van der Waals surface area contributed by atoms with Crippen molar-refractivity contribution in [3.8, 4) is 6.07 Å². The zero-order valence-electron chi connectivity index (χ0n) is 15.4. The summed E-state index contributed by atoms with van der Waals surface area (Å²) in [4.78, 5) is 4.80. The van der Waals surface area contributed by atoms with Crippen LogP contribution in [0.1, 0.15) is 11.1 Å². The summed E-state index contributed by atoms with van der Waals surface area (Å²) in [6.45, 7) is 4.82. The van der Waals surface area contributed by atoms with Gasteiger partial charge in [-0.15, -0.1) is 4.40 Å². The van der Waals surface area contributed by atoms with Crippen LogP contribution < -0.4 is 5.32 Å². The Labute approximate surface area is 165 Å². The van der Waals surface area contributed by atoms with E-state index in [0.717, 1.165) is 32.7 Å². The van der Waals surface area contributed by atoms with E-state index in [4.69, 9.17) is 5.26 Å². The third kappa shape index (κ3) is 4.07. The summed E-state index contributed by atoms with van der Waals surface area (Å²) < 4.78 is 28.7. The first kappa shape index (κ1) is 18.6. The molecule has 0 unspecified atom stereocenters. The van der Waals surface area contributed by atoms with Crippen LogP contribution >= 0.6 is 0 Å². The van der Waals surface area contributed by atoms with Crippen LogP contribution in [0.15, 0.2) is 57.8 Å². The molecule has 0 radical (unpaired) electrons. The molecule has 0 aromatic heterocycles. The third-order valence-corrected chi connectivity index (χ3v) is 6.37. The average molecular weight is 395 g/mol. The molecule has 1 fully saturated rings. The van der Waals surface area contributed by atoms with Crippen LogP contribution in [-0.2, 0) is 16.6 Å². The van der Waals surface area contributed by atoms with Crippen molar-refractivity contribution in [3.63, 3.8) is 0 Å². The Morgan fingerprint density at radius 2 is 1.61 bits per heavy atom. The maximum atomic E-state index is 12.4. The third-order valence-electron chi connectivity index (χ3n) is 5.00. The minimum Gasteiger partial charge on any atom is -0.341 e. The van der Waals surface area contributed by atoms with Crippen molar-refractivity contribution in [2.45, 2.75) is 11.4 Å². The Bertz CT molecular complexity index is 1030. The molecule has 2 aliphatic rings. The van der Waals surface area contributed by atoms with Crippen molar-refractivity contribution in [1.29, 1.82) is 5.26 Å². The van der Waals surface area contributed by atoms with Gasteiger partial charge in [-0.05, 0) is 29.8 Å². The Morgan fingerprint density at radius 1 is 0.964 bits per heavy atom. The van der Waals surface area contributed by atoms with Gasteiger partial charge in [0, 0.05) is 32.7 Å². The number of fused-ring (bicyclic) bond motifs is 1. The molecular formula is C20H21N5O2S. The number of anilines is 1. The first-order valence-corrected chi connectivity index (χ1v) is 10.6. The van der Waals surface area contributed by atoms with E-state index in [1.54, 1.807) is 18.2 Å². The summed E-state index contributed by atoms with van der Waals surface area (Å²) in [5.41, 5.74) is 2.45. The molecule has 0 aliphatic carbocycles. The molecule has 0 amide bonds. The van der Waals surface area contributed by atoms with Crippen molar-refractivity contribution < 1.29 is 8.42 Å². The largest absolute Gasteiger partial charge is 0.341 e. The molecule has 0 saturated carbocycles. The predicted molar refractivity (Wildman–Crippen MR) is 108 cm³/mol. The molecule has 1 N–H and O–H groups in total. The smallest absolute Gasteiger partial charge is 0.286 e. The lowest BCUT2D eigenvalue weighted by molar-refractivity contribution is 0.140. The number of amidine groups is 1. The summed E-state index contributed by atoms with van der Waals surface area (Å²) in [7, 11) is -3.63. The quantitative estimate of drug-likeness (QED) is 0.850. The van der Waals surface area contributed by atoms with E-state index in [2.05, 4.69) is 25.6 Å². The molecule has 2 heterocycles. The molecule has 0 spiro atoms. The summed E-state index contributed by atoms with van der Waals surface area (Å²) in [6, 6.07) is 16.7. The van der Waals surface area contributed by atoms with Gasteiger partial charge in [0.05, 0.1) is 23.9 Å². The van der Waals surface area contributed by atoms with E-state index < -0.39 is 10.0 Å². The molecule has 2 aromatic rings. The molecule has 0 bridgehead atoms. The zero-order chi connectivity index (χ0) is 19.6. The minimum atomic E-state index is -3.63. The highest BCUT2D eigenvalue weighted by Crippen LogP contribution is 2.26. The Morgan fingerprint density at radius 3 is 2.29 bits per heavy atom. The number of nitriles is 1. The number of benzene rings is 2. The molecule has 1 saturated heterocycles. The lowest BCUT2D eigenvalue weighted by Crippen LogP contribution is -2.48. The summed E-state index contributed by atoms with van der Waals surface area (Å²) in [5, 5.41) is 12.0. The number of piperazine rings is 1. The molecule has 8 heteroatoms. The topological polar surface area (TPSA) is 88.8 Å². The van der Waals surface area contributed by atoms with Crippen molar-refractivity contribution in [1.82, 2.24) is 9.80 Å². The van der Waals surface area contributed by atoms with Crippen molar-refractivity contribution >= 4 is 21.5 Å². The van der Waals surface area contributed by atoms with Crippen LogP contribution in [-0.4, -0.2) is 56.8 Å². The van der Waals surface area contributed by atoms with Gasteiger partial charge in [-0.25, -0.2) is 0 Å². The molecule has 28 heavy (non-hydrogen) atoms. The second-order valence-electron chi connectivity index (χ2n) is 7.00. The monoisotopic (exact) mass is 395 g/mol. The maximum absolute atomic E-state index is 12.4. The van der Waals surface area contributed by atoms with Gasteiger partial charge in [-0.1, -0.05) is 24.3 Å². The van der Waals surface area contributed by atoms with Gasteiger partial charge in [0.1, 0.15) is 10.7 Å². The SMILES string of the molecule is N#Cc1ccc(CN2CCN(CC3=NS(=O)(=O)c4ccccc4N3)CC2)cc1. The lowest BCUT2D eigenvalue weighted by Gasteiger charge is -2.35. The summed E-state index contributed by atoms with van der Waals surface area (Å²) in [6.07, 6.45) is 0. The second kappa shape index (κ2) is 7.72. The van der Waals surface area contributed by atoms with Gasteiger partial charge < -0.3 is 5.32 Å². The molecule has 144 valence electrons.